The van der Waals surface area contributed by atoms with Crippen molar-refractivity contribution < 1.29 is 9.53 Å². The smallest absolute Gasteiger partial charge is 0.223 e. The van der Waals surface area contributed by atoms with Crippen LogP contribution in [0.4, 0.5) is 0 Å². The van der Waals surface area contributed by atoms with Crippen molar-refractivity contribution in [2.45, 2.75) is 31.6 Å². The number of rotatable bonds is 3. The summed E-state index contributed by atoms with van der Waals surface area (Å²) in [6.07, 6.45) is 2.58. The average Bonchev–Trinajstić information content (AvgIpc) is 2.94. The summed E-state index contributed by atoms with van der Waals surface area (Å²) in [7, 11) is 0. The zero-order valence-electron chi connectivity index (χ0n) is 9.06. The van der Waals surface area contributed by atoms with E-state index in [2.05, 4.69) is 5.32 Å². The lowest BCUT2D eigenvalue weighted by molar-refractivity contribution is -0.125. The second kappa shape index (κ2) is 3.91. The number of carbonyl (C=O) groups excluding carboxylic acids is 1. The molecule has 1 aliphatic heterocycles. The molecule has 1 N–H and O–H groups in total. The van der Waals surface area contributed by atoms with Crippen LogP contribution in [-0.2, 0) is 16.1 Å². The number of benzene rings is 1. The number of carbonyl (C=O) groups is 1. The van der Waals surface area contributed by atoms with Crippen molar-refractivity contribution in [1.29, 1.82) is 0 Å². The summed E-state index contributed by atoms with van der Waals surface area (Å²) in [6, 6.07) is 10.00. The summed E-state index contributed by atoms with van der Waals surface area (Å²) in [5, 5.41) is 2.99. The average molecular weight is 217 g/mol. The van der Waals surface area contributed by atoms with Gasteiger partial charge in [0.15, 0.2) is 0 Å². The molecule has 0 bridgehead atoms. The summed E-state index contributed by atoms with van der Waals surface area (Å²) in [5.74, 6) is 0.354. The molecule has 1 unspecified atom stereocenters. The Morgan fingerprint density at radius 3 is 2.62 bits per heavy atom. The molecule has 3 rings (SSSR count). The van der Waals surface area contributed by atoms with Crippen molar-refractivity contribution in [2.24, 2.45) is 5.92 Å². The normalized spacial score (nSPS) is 30.9. The maximum Gasteiger partial charge on any atom is 0.223 e. The van der Waals surface area contributed by atoms with Crippen molar-refractivity contribution in [1.82, 2.24) is 5.32 Å². The highest BCUT2D eigenvalue weighted by atomic mass is 16.6. The van der Waals surface area contributed by atoms with Crippen molar-refractivity contribution in [3.05, 3.63) is 35.9 Å². The van der Waals surface area contributed by atoms with E-state index in [9.17, 15) is 4.79 Å². The number of epoxide rings is 1. The molecule has 1 saturated carbocycles. The fraction of sp³-hybridized carbons (Fsp3) is 0.462. The Morgan fingerprint density at radius 1 is 1.25 bits per heavy atom. The number of fused-ring (bicyclic) bond motifs is 1. The van der Waals surface area contributed by atoms with Crippen molar-refractivity contribution in [3.8, 4) is 0 Å². The quantitative estimate of drug-likeness (QED) is 0.779. The summed E-state index contributed by atoms with van der Waals surface area (Å²) in [5.41, 5.74) is 1.15. The van der Waals surface area contributed by atoms with Gasteiger partial charge in [-0.15, -0.1) is 0 Å². The molecule has 16 heavy (non-hydrogen) atoms. The largest absolute Gasteiger partial charge is 0.370 e. The molecule has 0 radical (unpaired) electrons. The molecule has 1 aromatic carbocycles. The number of hydrogen-bond donors (Lipinski definition) is 1. The lowest BCUT2D eigenvalue weighted by Crippen LogP contribution is -2.29. The van der Waals surface area contributed by atoms with Gasteiger partial charge in [-0.3, -0.25) is 4.79 Å². The zero-order chi connectivity index (χ0) is 11.0. The van der Waals surface area contributed by atoms with Gasteiger partial charge in [-0.2, -0.15) is 0 Å². The molecule has 2 aliphatic rings. The third kappa shape index (κ3) is 1.95. The first-order chi connectivity index (χ1) is 7.83. The second-order valence-electron chi connectivity index (χ2n) is 4.58. The van der Waals surface area contributed by atoms with Gasteiger partial charge in [-0.25, -0.2) is 0 Å². The Bertz CT molecular complexity index is 380. The Morgan fingerprint density at radius 2 is 1.94 bits per heavy atom. The standard InChI is InChI=1S/C13H15NO2/c15-13(10-6-11-12(7-10)16-11)14-8-9-4-2-1-3-5-9/h1-5,10-12H,6-8H2,(H,14,15)/t10?,11-,12+. The van der Waals surface area contributed by atoms with Gasteiger partial charge in [-0.05, 0) is 18.4 Å². The van der Waals surface area contributed by atoms with E-state index in [1.54, 1.807) is 0 Å². The highest BCUT2D eigenvalue weighted by Crippen LogP contribution is 2.42. The molecule has 84 valence electrons. The van der Waals surface area contributed by atoms with Crippen LogP contribution in [0.1, 0.15) is 18.4 Å². The van der Waals surface area contributed by atoms with Crippen LogP contribution in [0.3, 0.4) is 0 Å². The van der Waals surface area contributed by atoms with E-state index in [-0.39, 0.29) is 11.8 Å². The van der Waals surface area contributed by atoms with E-state index in [0.717, 1.165) is 18.4 Å². The molecule has 1 heterocycles. The van der Waals surface area contributed by atoms with Crippen LogP contribution < -0.4 is 5.32 Å². The van der Waals surface area contributed by atoms with Crippen LogP contribution in [0.5, 0.6) is 0 Å². The topological polar surface area (TPSA) is 41.6 Å². The molecule has 1 aromatic rings. The Kier molecular flexibility index (Phi) is 2.40. The Hall–Kier alpha value is -1.35. The predicted octanol–water partition coefficient (Wildman–Crippen LogP) is 1.48. The van der Waals surface area contributed by atoms with Gasteiger partial charge in [0.25, 0.3) is 0 Å². The molecule has 1 saturated heterocycles. The number of hydrogen-bond acceptors (Lipinski definition) is 2. The van der Waals surface area contributed by atoms with E-state index in [0.29, 0.717) is 18.8 Å². The Balaban J connectivity index is 1.50. The highest BCUT2D eigenvalue weighted by Gasteiger charge is 2.49. The maximum absolute atomic E-state index is 11.8. The molecule has 2 fully saturated rings. The first-order valence-corrected chi connectivity index (χ1v) is 5.80. The Labute approximate surface area is 94.8 Å². The van der Waals surface area contributed by atoms with Gasteiger partial charge in [0.2, 0.25) is 5.91 Å². The minimum absolute atomic E-state index is 0.174. The monoisotopic (exact) mass is 217 g/mol. The molecule has 1 amide bonds. The van der Waals surface area contributed by atoms with Crippen LogP contribution in [0.2, 0.25) is 0 Å². The van der Waals surface area contributed by atoms with Gasteiger partial charge in [0.05, 0.1) is 12.2 Å². The second-order valence-corrected chi connectivity index (χ2v) is 4.58. The summed E-state index contributed by atoms with van der Waals surface area (Å²) < 4.78 is 5.32. The van der Waals surface area contributed by atoms with Crippen LogP contribution in [0.15, 0.2) is 30.3 Å². The molecule has 3 atom stereocenters. The highest BCUT2D eigenvalue weighted by molar-refractivity contribution is 5.79. The number of ether oxygens (including phenoxy) is 1. The lowest BCUT2D eigenvalue weighted by atomic mass is 10.1. The van der Waals surface area contributed by atoms with E-state index in [4.69, 9.17) is 4.74 Å². The van der Waals surface area contributed by atoms with Crippen LogP contribution in [0.25, 0.3) is 0 Å². The minimum Gasteiger partial charge on any atom is -0.370 e. The molecule has 3 nitrogen and oxygen atoms in total. The van der Waals surface area contributed by atoms with Gasteiger partial charge in [0, 0.05) is 12.5 Å². The van der Waals surface area contributed by atoms with Gasteiger partial charge in [0.1, 0.15) is 0 Å². The molecule has 1 aliphatic carbocycles. The molecule has 0 spiro atoms. The first-order valence-electron chi connectivity index (χ1n) is 5.80. The third-order valence-corrected chi connectivity index (χ3v) is 3.40. The molecule has 3 heteroatoms. The summed E-state index contributed by atoms with van der Waals surface area (Å²) in [4.78, 5) is 11.8. The van der Waals surface area contributed by atoms with Crippen molar-refractivity contribution >= 4 is 5.91 Å². The molecular formula is C13H15NO2. The maximum atomic E-state index is 11.8. The number of amides is 1. The third-order valence-electron chi connectivity index (χ3n) is 3.40. The summed E-state index contributed by atoms with van der Waals surface area (Å²) in [6.45, 7) is 0.631. The first kappa shape index (κ1) is 9.85. The minimum atomic E-state index is 0.174. The van der Waals surface area contributed by atoms with Crippen molar-refractivity contribution in [3.63, 3.8) is 0 Å². The summed E-state index contributed by atoms with van der Waals surface area (Å²) >= 11 is 0. The lowest BCUT2D eigenvalue weighted by Gasteiger charge is -2.11. The van der Waals surface area contributed by atoms with Gasteiger partial charge >= 0.3 is 0 Å². The molecule has 0 aromatic heterocycles. The van der Waals surface area contributed by atoms with Crippen LogP contribution >= 0.6 is 0 Å². The van der Waals surface area contributed by atoms with E-state index in [1.807, 2.05) is 30.3 Å². The van der Waals surface area contributed by atoms with E-state index >= 15 is 0 Å². The van der Waals surface area contributed by atoms with Crippen LogP contribution in [-0.4, -0.2) is 18.1 Å². The van der Waals surface area contributed by atoms with E-state index in [1.165, 1.54) is 0 Å². The van der Waals surface area contributed by atoms with Crippen molar-refractivity contribution in [2.75, 3.05) is 0 Å². The number of nitrogens with one attached hydrogen (secondary N) is 1. The fourth-order valence-corrected chi connectivity index (χ4v) is 2.39. The van der Waals surface area contributed by atoms with Crippen LogP contribution in [0, 0.1) is 5.92 Å². The van der Waals surface area contributed by atoms with Gasteiger partial charge in [-0.1, -0.05) is 30.3 Å². The molecular weight excluding hydrogens is 202 g/mol. The van der Waals surface area contributed by atoms with Gasteiger partial charge < -0.3 is 10.1 Å². The SMILES string of the molecule is O=C(NCc1ccccc1)C1C[C@@H]2O[C@@H]2C1. The predicted molar refractivity (Wildman–Crippen MR) is 59.7 cm³/mol. The zero-order valence-corrected chi connectivity index (χ0v) is 9.06. The fourth-order valence-electron chi connectivity index (χ4n) is 2.39. The van der Waals surface area contributed by atoms with E-state index < -0.39 is 0 Å².